The molecule has 0 bridgehead atoms. The van der Waals surface area contributed by atoms with Crippen molar-refractivity contribution in [3.8, 4) is 11.4 Å². The van der Waals surface area contributed by atoms with E-state index in [-0.39, 0.29) is 35.1 Å². The number of amides is 2. The molecular weight excluding hydrogens is 480 g/mol. The van der Waals surface area contributed by atoms with E-state index in [1.165, 1.54) is 4.88 Å². The first kappa shape index (κ1) is 23.9. The number of thioether (sulfide) groups is 1. The van der Waals surface area contributed by atoms with E-state index >= 15 is 0 Å². The van der Waals surface area contributed by atoms with Crippen molar-refractivity contribution >= 4 is 40.7 Å². The van der Waals surface area contributed by atoms with E-state index in [0.717, 1.165) is 35.5 Å². The molecule has 9 heteroatoms. The van der Waals surface area contributed by atoms with Crippen molar-refractivity contribution in [2.24, 2.45) is 0 Å². The van der Waals surface area contributed by atoms with Gasteiger partial charge in [0, 0.05) is 21.9 Å². The second-order valence-corrected chi connectivity index (χ2v) is 12.0. The Balaban J connectivity index is 1.72. The Hall–Kier alpha value is -2.78. The SMILES string of the molecule is COc1ccc(-n2nc(C(C)(C)C)c3c2N(CC(=O)NC2CC2)C(=O)CSC3c2cccs2)cc1. The number of nitrogens with one attached hydrogen (secondary N) is 1. The Bertz CT molecular complexity index is 1220. The Morgan fingerprint density at radius 2 is 1.94 bits per heavy atom. The number of thiophene rings is 1. The number of nitrogens with zero attached hydrogens (tertiary/aromatic N) is 3. The van der Waals surface area contributed by atoms with Crippen LogP contribution >= 0.6 is 23.1 Å². The third-order valence-corrected chi connectivity index (χ3v) is 8.49. The first-order valence-electron chi connectivity index (χ1n) is 11.8. The average molecular weight is 511 g/mol. The minimum Gasteiger partial charge on any atom is -0.497 e. The Morgan fingerprint density at radius 1 is 1.20 bits per heavy atom. The lowest BCUT2D eigenvalue weighted by Crippen LogP contribution is -2.43. The third-order valence-electron chi connectivity index (χ3n) is 6.16. The summed E-state index contributed by atoms with van der Waals surface area (Å²) in [6, 6.07) is 12.0. The Labute approximate surface area is 213 Å². The lowest BCUT2D eigenvalue weighted by Gasteiger charge is -2.24. The predicted molar refractivity (Wildman–Crippen MR) is 141 cm³/mol. The molecule has 3 aromatic rings. The highest BCUT2D eigenvalue weighted by molar-refractivity contribution is 8.00. The van der Waals surface area contributed by atoms with E-state index in [4.69, 9.17) is 9.84 Å². The molecule has 2 aliphatic rings. The van der Waals surface area contributed by atoms with E-state index in [9.17, 15) is 9.59 Å². The van der Waals surface area contributed by atoms with Crippen LogP contribution in [0.5, 0.6) is 5.75 Å². The fraction of sp³-hybridized carbons (Fsp3) is 0.423. The largest absolute Gasteiger partial charge is 0.497 e. The van der Waals surface area contributed by atoms with Crippen LogP contribution in [0.1, 0.15) is 55.0 Å². The van der Waals surface area contributed by atoms with E-state index in [0.29, 0.717) is 11.6 Å². The monoisotopic (exact) mass is 510 g/mol. The summed E-state index contributed by atoms with van der Waals surface area (Å²) >= 11 is 3.29. The number of carbonyl (C=O) groups is 2. The molecule has 1 saturated carbocycles. The van der Waals surface area contributed by atoms with Gasteiger partial charge in [0.2, 0.25) is 11.8 Å². The summed E-state index contributed by atoms with van der Waals surface area (Å²) in [6.45, 7) is 6.40. The van der Waals surface area contributed by atoms with Crippen molar-refractivity contribution in [3.63, 3.8) is 0 Å². The predicted octanol–water partition coefficient (Wildman–Crippen LogP) is 4.69. The zero-order chi connectivity index (χ0) is 24.7. The van der Waals surface area contributed by atoms with Crippen LogP contribution in [0, 0.1) is 0 Å². The highest BCUT2D eigenvalue weighted by atomic mass is 32.2. The first-order valence-corrected chi connectivity index (χ1v) is 13.7. The molecule has 0 saturated heterocycles. The minimum atomic E-state index is -0.271. The maximum Gasteiger partial charge on any atom is 0.240 e. The molecule has 1 aliphatic carbocycles. The summed E-state index contributed by atoms with van der Waals surface area (Å²) in [4.78, 5) is 29.3. The van der Waals surface area contributed by atoms with E-state index in [1.807, 2.05) is 35.0 Å². The van der Waals surface area contributed by atoms with Crippen molar-refractivity contribution in [2.75, 3.05) is 24.3 Å². The first-order chi connectivity index (χ1) is 16.8. The van der Waals surface area contributed by atoms with Crippen molar-refractivity contribution in [3.05, 3.63) is 57.9 Å². The van der Waals surface area contributed by atoms with Crippen LogP contribution in [0.15, 0.2) is 41.8 Å². The van der Waals surface area contributed by atoms with Gasteiger partial charge in [0.25, 0.3) is 0 Å². The molecule has 0 radical (unpaired) electrons. The van der Waals surface area contributed by atoms with E-state index in [2.05, 4.69) is 37.5 Å². The minimum absolute atomic E-state index is 0.0223. The van der Waals surface area contributed by atoms with Crippen LogP contribution in [0.3, 0.4) is 0 Å². The fourth-order valence-electron chi connectivity index (χ4n) is 4.29. The number of aromatic nitrogens is 2. The van der Waals surface area contributed by atoms with Crippen molar-refractivity contribution in [2.45, 2.75) is 50.3 Å². The molecule has 1 fully saturated rings. The number of rotatable bonds is 6. The van der Waals surface area contributed by atoms with E-state index < -0.39 is 0 Å². The van der Waals surface area contributed by atoms with Gasteiger partial charge in [-0.15, -0.1) is 23.1 Å². The topological polar surface area (TPSA) is 76.5 Å². The zero-order valence-corrected chi connectivity index (χ0v) is 22.0. The number of hydrogen-bond acceptors (Lipinski definition) is 6. The molecule has 7 nitrogen and oxygen atoms in total. The molecule has 2 aromatic heterocycles. The van der Waals surface area contributed by atoms with Gasteiger partial charge in [0.1, 0.15) is 18.1 Å². The van der Waals surface area contributed by atoms with Gasteiger partial charge >= 0.3 is 0 Å². The van der Waals surface area contributed by atoms with Gasteiger partial charge in [0.05, 0.1) is 29.5 Å². The molecular formula is C26H30N4O3S2. The van der Waals surface area contributed by atoms with Crippen LogP contribution in [0.25, 0.3) is 5.69 Å². The summed E-state index contributed by atoms with van der Waals surface area (Å²) in [7, 11) is 1.63. The summed E-state index contributed by atoms with van der Waals surface area (Å²) < 4.78 is 7.19. The molecule has 5 rings (SSSR count). The summed E-state index contributed by atoms with van der Waals surface area (Å²) in [5.74, 6) is 1.49. The van der Waals surface area contributed by atoms with Crippen LogP contribution in [0.2, 0.25) is 0 Å². The average Bonchev–Trinajstić information content (AvgIpc) is 3.34. The molecule has 1 aromatic carbocycles. The summed E-state index contributed by atoms with van der Waals surface area (Å²) in [5.41, 5.74) is 2.48. The number of methoxy groups -OCH3 is 1. The molecule has 1 unspecified atom stereocenters. The normalized spacial score (nSPS) is 18.2. The lowest BCUT2D eigenvalue weighted by atomic mass is 9.88. The van der Waals surface area contributed by atoms with Gasteiger partial charge in [-0.2, -0.15) is 5.10 Å². The molecule has 35 heavy (non-hydrogen) atoms. The van der Waals surface area contributed by atoms with Gasteiger partial charge in [-0.05, 0) is 48.6 Å². The van der Waals surface area contributed by atoms with Gasteiger partial charge in [-0.3, -0.25) is 14.5 Å². The fourth-order valence-corrected chi connectivity index (χ4v) is 6.46. The molecule has 1 N–H and O–H groups in total. The number of carbonyl (C=O) groups excluding carboxylic acids is 2. The highest BCUT2D eigenvalue weighted by Gasteiger charge is 2.40. The zero-order valence-electron chi connectivity index (χ0n) is 20.4. The van der Waals surface area contributed by atoms with E-state index in [1.54, 1.807) is 35.1 Å². The molecule has 1 aliphatic heterocycles. The van der Waals surface area contributed by atoms with Gasteiger partial charge < -0.3 is 10.1 Å². The summed E-state index contributed by atoms with van der Waals surface area (Å²) in [5, 5.41) is 10.2. The molecule has 184 valence electrons. The van der Waals surface area contributed by atoms with Crippen molar-refractivity contribution in [1.29, 1.82) is 0 Å². The third kappa shape index (κ3) is 4.84. The maximum atomic E-state index is 13.5. The second-order valence-electron chi connectivity index (χ2n) is 9.97. The van der Waals surface area contributed by atoms with Gasteiger partial charge in [0.15, 0.2) is 0 Å². The quantitative estimate of drug-likeness (QED) is 0.521. The Kier molecular flexibility index (Phi) is 6.40. The standard InChI is InChI=1S/C26H30N4O3S2/c1-26(2,3)24-22-23(19-6-5-13-34-19)35-15-21(32)29(14-20(31)27-16-7-8-16)25(22)30(28-24)17-9-11-18(33-4)12-10-17/h5-6,9-13,16,23H,7-8,14-15H2,1-4H3,(H,27,31). The number of fused-ring (bicyclic) bond motifs is 1. The number of anilines is 1. The van der Waals surface area contributed by atoms with Crippen LogP contribution < -0.4 is 15.0 Å². The lowest BCUT2D eigenvalue weighted by molar-refractivity contribution is -0.123. The highest BCUT2D eigenvalue weighted by Crippen LogP contribution is 2.49. The number of hydrogen-bond donors (Lipinski definition) is 1. The second kappa shape index (κ2) is 9.35. The summed E-state index contributed by atoms with van der Waals surface area (Å²) in [6.07, 6.45) is 2.00. The molecule has 2 amide bonds. The van der Waals surface area contributed by atoms with Crippen LogP contribution in [-0.2, 0) is 15.0 Å². The molecule has 0 spiro atoms. The van der Waals surface area contributed by atoms with Crippen molar-refractivity contribution < 1.29 is 14.3 Å². The van der Waals surface area contributed by atoms with Gasteiger partial charge in [-0.25, -0.2) is 4.68 Å². The van der Waals surface area contributed by atoms with Crippen LogP contribution in [0.4, 0.5) is 5.82 Å². The maximum absolute atomic E-state index is 13.5. The van der Waals surface area contributed by atoms with Gasteiger partial charge in [-0.1, -0.05) is 26.8 Å². The Morgan fingerprint density at radius 3 is 2.54 bits per heavy atom. The number of benzene rings is 1. The smallest absolute Gasteiger partial charge is 0.240 e. The molecule has 1 atom stereocenters. The van der Waals surface area contributed by atoms with Crippen molar-refractivity contribution in [1.82, 2.24) is 15.1 Å². The molecule has 3 heterocycles. The van der Waals surface area contributed by atoms with Crippen LogP contribution in [-0.4, -0.2) is 47.0 Å². The number of ether oxygens (including phenoxy) is 1.